The second kappa shape index (κ2) is 5.17. The molecule has 6 N–H and O–H groups in total. The Balaban J connectivity index is 2.42. The average Bonchev–Trinajstić information content (AvgIpc) is 2.37. The number of nitrogens with one attached hydrogen (secondary N) is 1. The predicted molar refractivity (Wildman–Crippen MR) is 62.4 cm³/mol. The highest BCUT2D eigenvalue weighted by atomic mass is 16.6. The molecule has 1 fully saturated rings. The molecule has 2 heterocycles. The molecule has 10 heteroatoms. The summed E-state index contributed by atoms with van der Waals surface area (Å²) in [5.74, 6) is -1.06. The van der Waals surface area contributed by atoms with Crippen LogP contribution in [0.15, 0.2) is 21.9 Å². The van der Waals surface area contributed by atoms with E-state index in [0.29, 0.717) is 0 Å². The van der Waals surface area contributed by atoms with E-state index >= 15 is 0 Å². The highest BCUT2D eigenvalue weighted by Crippen LogP contribution is 2.26. The van der Waals surface area contributed by atoms with Crippen molar-refractivity contribution >= 4 is 5.91 Å². The third-order valence-corrected chi connectivity index (χ3v) is 2.99. The van der Waals surface area contributed by atoms with Crippen molar-refractivity contribution in [3.05, 3.63) is 33.1 Å². The first-order valence-corrected chi connectivity index (χ1v) is 5.63. The largest absolute Gasteiger partial charge is 0.387 e. The quantitative estimate of drug-likeness (QED) is 0.369. The number of aliphatic hydroxyl groups excluding tert-OH is 3. The fourth-order valence-electron chi connectivity index (χ4n) is 1.95. The first kappa shape index (κ1) is 14.4. The van der Waals surface area contributed by atoms with Gasteiger partial charge in [0.2, 0.25) is 5.91 Å². The van der Waals surface area contributed by atoms with Crippen LogP contribution >= 0.6 is 0 Å². The van der Waals surface area contributed by atoms with Crippen LogP contribution in [-0.2, 0) is 9.53 Å². The Labute approximate surface area is 111 Å². The van der Waals surface area contributed by atoms with Crippen LogP contribution in [0.1, 0.15) is 6.23 Å². The van der Waals surface area contributed by atoms with Crippen molar-refractivity contribution in [2.45, 2.75) is 30.6 Å². The number of aromatic nitrogens is 2. The van der Waals surface area contributed by atoms with Gasteiger partial charge in [-0.25, -0.2) is 4.79 Å². The summed E-state index contributed by atoms with van der Waals surface area (Å²) in [6.45, 7) is 0. The van der Waals surface area contributed by atoms with Gasteiger partial charge in [0.1, 0.15) is 18.3 Å². The van der Waals surface area contributed by atoms with Crippen molar-refractivity contribution in [2.24, 2.45) is 5.73 Å². The monoisotopic (exact) mass is 287 g/mol. The van der Waals surface area contributed by atoms with E-state index in [4.69, 9.17) is 10.5 Å². The zero-order valence-corrected chi connectivity index (χ0v) is 10.0. The summed E-state index contributed by atoms with van der Waals surface area (Å²) in [5.41, 5.74) is 3.43. The Morgan fingerprint density at radius 1 is 1.25 bits per heavy atom. The minimum absolute atomic E-state index is 0.663. The molecule has 2 rings (SSSR count). The molecule has 0 spiro atoms. The average molecular weight is 287 g/mol. The SMILES string of the molecule is NC(=O)C1OC(n2ccc(=O)[nH]c2=O)C(O)C(O)C1O. The molecule has 1 aliphatic rings. The molecule has 1 aliphatic heterocycles. The fourth-order valence-corrected chi connectivity index (χ4v) is 1.95. The smallest absolute Gasteiger partial charge is 0.330 e. The Bertz CT molecular complexity index is 624. The lowest BCUT2D eigenvalue weighted by Gasteiger charge is -2.39. The van der Waals surface area contributed by atoms with Gasteiger partial charge in [0, 0.05) is 12.3 Å². The van der Waals surface area contributed by atoms with Gasteiger partial charge in [-0.1, -0.05) is 0 Å². The van der Waals surface area contributed by atoms with Gasteiger partial charge in [-0.15, -0.1) is 0 Å². The minimum atomic E-state index is -1.75. The van der Waals surface area contributed by atoms with Crippen molar-refractivity contribution in [2.75, 3.05) is 0 Å². The van der Waals surface area contributed by atoms with Crippen LogP contribution in [0.2, 0.25) is 0 Å². The molecule has 1 saturated heterocycles. The Hall–Kier alpha value is -2.01. The lowest BCUT2D eigenvalue weighted by molar-refractivity contribution is -0.240. The predicted octanol–water partition coefficient (Wildman–Crippen LogP) is -4.00. The van der Waals surface area contributed by atoms with E-state index in [9.17, 15) is 29.7 Å². The van der Waals surface area contributed by atoms with E-state index in [-0.39, 0.29) is 0 Å². The molecular formula is C10H13N3O7. The first-order valence-electron chi connectivity index (χ1n) is 5.63. The van der Waals surface area contributed by atoms with E-state index in [2.05, 4.69) is 0 Å². The zero-order valence-electron chi connectivity index (χ0n) is 10.0. The van der Waals surface area contributed by atoms with Crippen molar-refractivity contribution in [3.8, 4) is 0 Å². The van der Waals surface area contributed by atoms with Crippen molar-refractivity contribution in [1.29, 1.82) is 0 Å². The van der Waals surface area contributed by atoms with E-state index in [1.165, 1.54) is 0 Å². The second-order valence-electron chi connectivity index (χ2n) is 4.34. The highest BCUT2D eigenvalue weighted by Gasteiger charge is 2.47. The number of carbonyl (C=O) groups excluding carboxylic acids is 1. The number of aromatic amines is 1. The van der Waals surface area contributed by atoms with E-state index in [0.717, 1.165) is 16.8 Å². The molecule has 0 aliphatic carbocycles. The van der Waals surface area contributed by atoms with Gasteiger partial charge in [0.15, 0.2) is 12.3 Å². The first-order chi connectivity index (χ1) is 9.32. The molecule has 1 aromatic rings. The highest BCUT2D eigenvalue weighted by molar-refractivity contribution is 5.79. The number of nitrogens with two attached hydrogens (primary N) is 1. The molecule has 0 saturated carbocycles. The molecule has 10 nitrogen and oxygen atoms in total. The summed E-state index contributed by atoms with van der Waals surface area (Å²) in [7, 11) is 0. The summed E-state index contributed by atoms with van der Waals surface area (Å²) in [4.78, 5) is 35.6. The van der Waals surface area contributed by atoms with Gasteiger partial charge >= 0.3 is 5.69 Å². The number of rotatable bonds is 2. The maximum Gasteiger partial charge on any atom is 0.330 e. The molecular weight excluding hydrogens is 274 g/mol. The Kier molecular flexibility index (Phi) is 3.72. The molecule has 0 bridgehead atoms. The van der Waals surface area contributed by atoms with Crippen molar-refractivity contribution < 1.29 is 24.9 Å². The standard InChI is InChI=1S/C10H13N3O7/c11-8(18)7-5(16)4(15)6(17)9(20-7)13-2-1-3(14)12-10(13)19/h1-2,4-7,9,15-17H,(H2,11,18)(H,12,14,19). The number of H-pyrrole nitrogens is 1. The molecule has 1 aromatic heterocycles. The number of primary amides is 1. The Morgan fingerprint density at radius 3 is 2.45 bits per heavy atom. The van der Waals surface area contributed by atoms with Crippen LogP contribution < -0.4 is 17.0 Å². The lowest BCUT2D eigenvalue weighted by atomic mass is 9.97. The zero-order chi connectivity index (χ0) is 15.0. The third-order valence-electron chi connectivity index (χ3n) is 2.99. The van der Waals surface area contributed by atoms with E-state index < -0.39 is 47.8 Å². The molecule has 0 aromatic carbocycles. The van der Waals surface area contributed by atoms with Gasteiger partial charge in [-0.3, -0.25) is 19.1 Å². The van der Waals surface area contributed by atoms with Gasteiger partial charge in [-0.05, 0) is 0 Å². The summed E-state index contributed by atoms with van der Waals surface area (Å²) < 4.78 is 5.83. The lowest BCUT2D eigenvalue weighted by Crippen LogP contribution is -2.60. The fraction of sp³-hybridized carbons (Fsp3) is 0.500. The molecule has 5 atom stereocenters. The second-order valence-corrected chi connectivity index (χ2v) is 4.34. The molecule has 5 unspecified atom stereocenters. The van der Waals surface area contributed by atoms with E-state index in [1.54, 1.807) is 0 Å². The van der Waals surface area contributed by atoms with Crippen molar-refractivity contribution in [1.82, 2.24) is 9.55 Å². The van der Waals surface area contributed by atoms with Crippen LogP contribution in [0.25, 0.3) is 0 Å². The summed E-state index contributed by atoms with van der Waals surface area (Å²) in [6, 6.07) is 0.994. The number of nitrogens with zero attached hydrogens (tertiary/aromatic N) is 1. The normalized spacial score (nSPS) is 33.9. The summed E-state index contributed by atoms with van der Waals surface area (Å²) in [6.07, 6.45) is -7.21. The van der Waals surface area contributed by atoms with Gasteiger partial charge < -0.3 is 25.8 Å². The van der Waals surface area contributed by atoms with Crippen LogP contribution in [-0.4, -0.2) is 55.2 Å². The molecule has 0 radical (unpaired) electrons. The number of hydrogen-bond acceptors (Lipinski definition) is 7. The summed E-state index contributed by atoms with van der Waals surface area (Å²) in [5, 5.41) is 29.1. The number of ether oxygens (including phenoxy) is 1. The van der Waals surface area contributed by atoms with E-state index in [1.807, 2.05) is 4.98 Å². The third kappa shape index (κ3) is 2.36. The van der Waals surface area contributed by atoms with Gasteiger partial charge in [-0.2, -0.15) is 0 Å². The molecule has 110 valence electrons. The summed E-state index contributed by atoms with van der Waals surface area (Å²) >= 11 is 0. The number of aliphatic hydroxyl groups is 3. The molecule has 20 heavy (non-hydrogen) atoms. The molecule has 1 amide bonds. The minimum Gasteiger partial charge on any atom is -0.387 e. The maximum absolute atomic E-state index is 11.6. The van der Waals surface area contributed by atoms with Crippen LogP contribution in [0, 0.1) is 0 Å². The van der Waals surface area contributed by atoms with Crippen LogP contribution in [0.5, 0.6) is 0 Å². The maximum atomic E-state index is 11.6. The van der Waals surface area contributed by atoms with Gasteiger partial charge in [0.05, 0.1) is 0 Å². The van der Waals surface area contributed by atoms with Gasteiger partial charge in [0.25, 0.3) is 5.56 Å². The number of carbonyl (C=O) groups is 1. The van der Waals surface area contributed by atoms with Crippen molar-refractivity contribution in [3.63, 3.8) is 0 Å². The number of hydrogen-bond donors (Lipinski definition) is 5. The van der Waals surface area contributed by atoms with Crippen LogP contribution in [0.4, 0.5) is 0 Å². The Morgan fingerprint density at radius 2 is 1.90 bits per heavy atom. The van der Waals surface area contributed by atoms with Crippen LogP contribution in [0.3, 0.4) is 0 Å². The number of amides is 1. The topological polar surface area (TPSA) is 168 Å².